The molecule has 3 aromatic rings. The van der Waals surface area contributed by atoms with Crippen molar-refractivity contribution in [2.24, 2.45) is 22.7 Å². The zero-order valence-corrected chi connectivity index (χ0v) is 19.9. The van der Waals surface area contributed by atoms with Gasteiger partial charge < -0.3 is 0 Å². The molecule has 2 amide bonds. The van der Waals surface area contributed by atoms with Crippen LogP contribution in [-0.2, 0) is 14.4 Å². The fourth-order valence-electron chi connectivity index (χ4n) is 7.29. The molecule has 1 saturated heterocycles. The first-order valence-electron chi connectivity index (χ1n) is 12.4. The summed E-state index contributed by atoms with van der Waals surface area (Å²) in [6.07, 6.45) is 0.938. The summed E-state index contributed by atoms with van der Waals surface area (Å²) in [4.78, 5) is 44.2. The van der Waals surface area contributed by atoms with Crippen LogP contribution in [0.15, 0.2) is 91.0 Å². The van der Waals surface area contributed by atoms with Crippen LogP contribution in [0.5, 0.6) is 0 Å². The van der Waals surface area contributed by atoms with Gasteiger partial charge in [0.2, 0.25) is 11.8 Å². The minimum Gasteiger partial charge on any atom is -0.298 e. The van der Waals surface area contributed by atoms with E-state index in [2.05, 4.69) is 0 Å². The van der Waals surface area contributed by atoms with Gasteiger partial charge in [-0.15, -0.1) is 0 Å². The molecular formula is C31H27NO3. The first-order valence-corrected chi connectivity index (χ1v) is 12.4. The minimum atomic E-state index is -1.04. The van der Waals surface area contributed by atoms with Gasteiger partial charge in [0.15, 0.2) is 5.78 Å². The number of carbonyl (C=O) groups excluding carboxylic acids is 3. The number of benzene rings is 3. The van der Waals surface area contributed by atoms with E-state index in [1.807, 2.05) is 92.7 Å². The average molecular weight is 462 g/mol. The summed E-state index contributed by atoms with van der Waals surface area (Å²) in [5, 5.41) is 0. The molecule has 2 bridgehead atoms. The first kappa shape index (κ1) is 21.7. The van der Waals surface area contributed by atoms with E-state index in [-0.39, 0.29) is 17.6 Å². The second kappa shape index (κ2) is 7.61. The van der Waals surface area contributed by atoms with Gasteiger partial charge in [0.05, 0.1) is 28.4 Å². The highest BCUT2D eigenvalue weighted by atomic mass is 16.2. The van der Waals surface area contributed by atoms with Gasteiger partial charge in [-0.05, 0) is 47.2 Å². The second-order valence-corrected chi connectivity index (χ2v) is 9.76. The number of allylic oxidation sites excluding steroid dienone is 2. The summed E-state index contributed by atoms with van der Waals surface area (Å²) in [7, 11) is 0. The number of imide groups is 1. The number of Topliss-reactive ketones (excluding diaryl/α,β-unsaturated/α-hetero) is 1. The number of hydrogen-bond donors (Lipinski definition) is 0. The Bertz CT molecular complexity index is 1290. The summed E-state index contributed by atoms with van der Waals surface area (Å²) in [6.45, 7) is 3.97. The van der Waals surface area contributed by atoms with Crippen molar-refractivity contribution in [1.82, 2.24) is 0 Å². The van der Waals surface area contributed by atoms with Gasteiger partial charge in [0.1, 0.15) is 0 Å². The highest BCUT2D eigenvalue weighted by Crippen LogP contribution is 2.75. The third kappa shape index (κ3) is 2.49. The van der Waals surface area contributed by atoms with Gasteiger partial charge in [-0.1, -0.05) is 92.7 Å². The van der Waals surface area contributed by atoms with Crippen molar-refractivity contribution in [3.05, 3.63) is 102 Å². The van der Waals surface area contributed by atoms with Crippen LogP contribution < -0.4 is 4.90 Å². The molecule has 0 radical (unpaired) electrons. The van der Waals surface area contributed by atoms with Gasteiger partial charge in [-0.25, -0.2) is 4.90 Å². The molecule has 6 rings (SSSR count). The number of nitrogens with zero attached hydrogens (tertiary/aromatic N) is 1. The summed E-state index contributed by atoms with van der Waals surface area (Å²) in [6, 6.07) is 29.0. The maximum atomic E-state index is 14.6. The zero-order chi connectivity index (χ0) is 24.4. The van der Waals surface area contributed by atoms with Crippen LogP contribution in [0.25, 0.3) is 11.1 Å². The van der Waals surface area contributed by atoms with Crippen LogP contribution in [0.1, 0.15) is 37.8 Å². The molecule has 0 unspecified atom stereocenters. The number of fused-ring (bicyclic) bond motifs is 5. The Kier molecular flexibility index (Phi) is 4.72. The smallest absolute Gasteiger partial charge is 0.239 e. The third-order valence-corrected chi connectivity index (χ3v) is 8.58. The lowest BCUT2D eigenvalue weighted by Crippen LogP contribution is -2.41. The van der Waals surface area contributed by atoms with Crippen molar-refractivity contribution in [3.8, 4) is 0 Å². The minimum absolute atomic E-state index is 0.0390. The number of anilines is 1. The molecule has 1 saturated carbocycles. The molecule has 174 valence electrons. The van der Waals surface area contributed by atoms with Crippen molar-refractivity contribution < 1.29 is 14.4 Å². The van der Waals surface area contributed by atoms with E-state index in [1.165, 1.54) is 4.90 Å². The molecule has 2 fully saturated rings. The number of carbonyl (C=O) groups is 3. The molecule has 0 aromatic heterocycles. The molecule has 4 nitrogen and oxygen atoms in total. The fourth-order valence-corrected chi connectivity index (χ4v) is 7.29. The van der Waals surface area contributed by atoms with E-state index in [4.69, 9.17) is 0 Å². The maximum absolute atomic E-state index is 14.6. The Morgan fingerprint density at radius 2 is 0.971 bits per heavy atom. The Labute approximate surface area is 205 Å². The third-order valence-electron chi connectivity index (χ3n) is 8.58. The van der Waals surface area contributed by atoms with Crippen LogP contribution in [0.2, 0.25) is 0 Å². The van der Waals surface area contributed by atoms with E-state index >= 15 is 0 Å². The molecule has 4 heteroatoms. The van der Waals surface area contributed by atoms with Crippen LogP contribution >= 0.6 is 0 Å². The van der Waals surface area contributed by atoms with E-state index in [0.717, 1.165) is 22.3 Å². The van der Waals surface area contributed by atoms with Gasteiger partial charge >= 0.3 is 0 Å². The number of para-hydroxylation sites is 1. The van der Waals surface area contributed by atoms with E-state index in [0.29, 0.717) is 18.5 Å². The Balaban J connectivity index is 1.69. The van der Waals surface area contributed by atoms with E-state index in [9.17, 15) is 14.4 Å². The predicted molar refractivity (Wildman–Crippen MR) is 136 cm³/mol. The molecule has 1 heterocycles. The standard InChI is InChI=1S/C31H27NO3/c1-3-30-23(20-14-8-5-9-15-20)24(21-16-10-6-11-17-21)31(4-2,29(30)35)26-25(30)27(33)32(28(26)34)22-18-12-7-13-19-22/h5-19,25-26H,3-4H2,1-2H3/t25-,26-,30-,31+/m0/s1. The Morgan fingerprint density at radius 3 is 1.34 bits per heavy atom. The normalized spacial score (nSPS) is 29.3. The molecule has 0 spiro atoms. The molecular weight excluding hydrogens is 434 g/mol. The number of ketones is 1. The maximum Gasteiger partial charge on any atom is 0.239 e. The van der Waals surface area contributed by atoms with Crippen LogP contribution in [0.4, 0.5) is 5.69 Å². The first-order chi connectivity index (χ1) is 17.0. The highest BCUT2D eigenvalue weighted by Gasteiger charge is 2.80. The lowest BCUT2D eigenvalue weighted by molar-refractivity contribution is -0.134. The molecule has 3 aliphatic rings. The van der Waals surface area contributed by atoms with Crippen LogP contribution in [0.3, 0.4) is 0 Å². The van der Waals surface area contributed by atoms with Crippen molar-refractivity contribution in [2.75, 3.05) is 4.90 Å². The molecule has 2 aliphatic carbocycles. The van der Waals surface area contributed by atoms with Crippen molar-refractivity contribution in [2.45, 2.75) is 26.7 Å². The van der Waals surface area contributed by atoms with Gasteiger partial charge in [-0.2, -0.15) is 0 Å². The van der Waals surface area contributed by atoms with E-state index in [1.54, 1.807) is 12.1 Å². The largest absolute Gasteiger partial charge is 0.298 e. The quantitative estimate of drug-likeness (QED) is 0.452. The lowest BCUT2D eigenvalue weighted by atomic mass is 9.60. The van der Waals surface area contributed by atoms with Gasteiger partial charge in [0, 0.05) is 0 Å². The molecule has 0 N–H and O–H groups in total. The monoisotopic (exact) mass is 461 g/mol. The Morgan fingerprint density at radius 1 is 0.600 bits per heavy atom. The molecule has 4 atom stereocenters. The molecule has 1 aliphatic heterocycles. The summed E-state index contributed by atoms with van der Waals surface area (Å²) in [5.41, 5.74) is 2.26. The summed E-state index contributed by atoms with van der Waals surface area (Å²) < 4.78 is 0. The summed E-state index contributed by atoms with van der Waals surface area (Å²) in [5.74, 6) is -1.86. The Hall–Kier alpha value is -3.79. The van der Waals surface area contributed by atoms with Gasteiger partial charge in [-0.3, -0.25) is 14.4 Å². The SMILES string of the molecule is CC[C@]12C(=O)[C@](CC)(C(c3ccccc3)=C1c1ccccc1)[C@@H]1C(=O)N(c3ccccc3)C(=O)[C@H]12. The number of rotatable bonds is 5. The number of amides is 2. The van der Waals surface area contributed by atoms with Crippen molar-refractivity contribution in [1.29, 1.82) is 0 Å². The molecule has 3 aromatic carbocycles. The second-order valence-electron chi connectivity index (χ2n) is 9.76. The van der Waals surface area contributed by atoms with Crippen molar-refractivity contribution >= 4 is 34.4 Å². The predicted octanol–water partition coefficient (Wildman–Crippen LogP) is 5.79. The average Bonchev–Trinajstić information content (AvgIpc) is 3.41. The fraction of sp³-hybridized carbons (Fsp3) is 0.258. The van der Waals surface area contributed by atoms with Gasteiger partial charge in [0.25, 0.3) is 0 Å². The van der Waals surface area contributed by atoms with Crippen LogP contribution in [-0.4, -0.2) is 17.6 Å². The number of hydrogen-bond acceptors (Lipinski definition) is 3. The lowest BCUT2D eigenvalue weighted by Gasteiger charge is -2.38. The molecule has 35 heavy (non-hydrogen) atoms. The summed E-state index contributed by atoms with van der Waals surface area (Å²) >= 11 is 0. The topological polar surface area (TPSA) is 54.5 Å². The van der Waals surface area contributed by atoms with Crippen molar-refractivity contribution in [3.63, 3.8) is 0 Å². The van der Waals surface area contributed by atoms with E-state index < -0.39 is 22.7 Å². The highest BCUT2D eigenvalue weighted by molar-refractivity contribution is 6.34. The zero-order valence-electron chi connectivity index (χ0n) is 19.9. The van der Waals surface area contributed by atoms with Crippen LogP contribution in [0, 0.1) is 22.7 Å².